The molecule has 3 aromatic carbocycles. The number of carbonyl (C=O) groups is 1. The summed E-state index contributed by atoms with van der Waals surface area (Å²) in [6, 6.07) is 17.0. The van der Waals surface area contributed by atoms with Crippen molar-refractivity contribution in [2.75, 3.05) is 40.1 Å². The minimum absolute atomic E-state index is 0.108. The first-order chi connectivity index (χ1) is 20.3. The van der Waals surface area contributed by atoms with Crippen LogP contribution in [0, 0.1) is 5.92 Å². The second-order valence-electron chi connectivity index (χ2n) is 9.93. The first kappa shape index (κ1) is 34.0. The number of amides is 1. The van der Waals surface area contributed by atoms with Crippen LogP contribution in [0.15, 0.2) is 54.6 Å². The first-order valence-corrected chi connectivity index (χ1v) is 15.1. The molecule has 3 rings (SSSR count). The highest BCUT2D eigenvalue weighted by molar-refractivity contribution is 6.37. The third kappa shape index (κ3) is 11.0. The Kier molecular flexibility index (Phi) is 14.7. The minimum Gasteiger partial charge on any atom is -0.490 e. The predicted octanol–water partition coefficient (Wildman–Crippen LogP) is 6.04. The summed E-state index contributed by atoms with van der Waals surface area (Å²) in [4.78, 5) is 12.9. The molecule has 1 atom stereocenters. The molecule has 0 aliphatic carbocycles. The smallest absolute Gasteiger partial charge is 0.224 e. The standard InChI is InChI=1S/C32H39Cl3N2O5/c1-40-13-3-5-22-8-11-28(33)26(17-22)21-37-32(39)25(20-36)16-23-6-9-27(10-7-23)41-14-15-42-31-29(34)18-24(4-2-12-38)19-30(31)35/h6-11,17-19,25,38H,2-5,12-16,20-21,36H2,1H3,(H,37,39). The monoisotopic (exact) mass is 636 g/mol. The fourth-order valence-corrected chi connectivity index (χ4v) is 5.26. The summed E-state index contributed by atoms with van der Waals surface area (Å²) in [7, 11) is 1.69. The lowest BCUT2D eigenvalue weighted by Gasteiger charge is -2.16. The molecule has 0 heterocycles. The van der Waals surface area contributed by atoms with Gasteiger partial charge in [-0.25, -0.2) is 0 Å². The summed E-state index contributed by atoms with van der Waals surface area (Å²) in [5, 5.41) is 13.5. The number of ether oxygens (including phenoxy) is 3. The van der Waals surface area contributed by atoms with E-state index in [1.165, 1.54) is 0 Å². The number of nitrogens with two attached hydrogens (primary N) is 1. The Morgan fingerprint density at radius 1 is 0.857 bits per heavy atom. The molecule has 1 amide bonds. The topological polar surface area (TPSA) is 103 Å². The highest BCUT2D eigenvalue weighted by Crippen LogP contribution is 2.34. The van der Waals surface area contributed by atoms with Crippen molar-refractivity contribution in [2.24, 2.45) is 11.7 Å². The van der Waals surface area contributed by atoms with E-state index in [9.17, 15) is 4.79 Å². The van der Waals surface area contributed by atoms with E-state index in [4.69, 9.17) is 59.9 Å². The maximum absolute atomic E-state index is 12.9. The molecule has 0 fully saturated rings. The number of aliphatic hydroxyl groups is 1. The van der Waals surface area contributed by atoms with Crippen LogP contribution in [0.1, 0.15) is 35.1 Å². The second-order valence-corrected chi connectivity index (χ2v) is 11.2. The van der Waals surface area contributed by atoms with Gasteiger partial charge in [0.25, 0.3) is 0 Å². The number of benzene rings is 3. The van der Waals surface area contributed by atoms with Crippen molar-refractivity contribution >= 4 is 40.7 Å². The molecule has 0 spiro atoms. The van der Waals surface area contributed by atoms with E-state index in [0.29, 0.717) is 65.6 Å². The van der Waals surface area contributed by atoms with Gasteiger partial charge in [-0.15, -0.1) is 0 Å². The van der Waals surface area contributed by atoms with Gasteiger partial charge in [0.2, 0.25) is 5.91 Å². The Bertz CT molecular complexity index is 1250. The number of hydrogen-bond acceptors (Lipinski definition) is 6. The third-order valence-electron chi connectivity index (χ3n) is 6.72. The lowest BCUT2D eigenvalue weighted by atomic mass is 9.98. The number of rotatable bonds is 18. The maximum Gasteiger partial charge on any atom is 0.224 e. The summed E-state index contributed by atoms with van der Waals surface area (Å²) < 4.78 is 16.7. The van der Waals surface area contributed by atoms with E-state index in [-0.39, 0.29) is 31.6 Å². The molecule has 4 N–H and O–H groups in total. The molecule has 42 heavy (non-hydrogen) atoms. The van der Waals surface area contributed by atoms with Crippen LogP contribution in [-0.2, 0) is 35.3 Å². The third-order valence-corrected chi connectivity index (χ3v) is 7.65. The molecule has 0 saturated heterocycles. The Labute approximate surface area is 263 Å². The molecule has 0 bridgehead atoms. The Morgan fingerprint density at radius 2 is 1.52 bits per heavy atom. The molecule has 3 aromatic rings. The zero-order chi connectivity index (χ0) is 30.3. The number of hydrogen-bond donors (Lipinski definition) is 3. The van der Waals surface area contributed by atoms with Crippen LogP contribution in [0.2, 0.25) is 15.1 Å². The van der Waals surface area contributed by atoms with E-state index < -0.39 is 0 Å². The van der Waals surface area contributed by atoms with Gasteiger partial charge < -0.3 is 30.4 Å². The Morgan fingerprint density at radius 3 is 2.19 bits per heavy atom. The molecule has 0 aliphatic heterocycles. The number of methoxy groups -OCH3 is 1. The zero-order valence-corrected chi connectivity index (χ0v) is 26.1. The van der Waals surface area contributed by atoms with Crippen LogP contribution >= 0.6 is 34.8 Å². The minimum atomic E-state index is -0.377. The molecule has 10 heteroatoms. The maximum atomic E-state index is 12.9. The van der Waals surface area contributed by atoms with Crippen LogP contribution in [0.25, 0.3) is 0 Å². The van der Waals surface area contributed by atoms with Gasteiger partial charge in [-0.1, -0.05) is 59.1 Å². The van der Waals surface area contributed by atoms with Crippen LogP contribution in [0.5, 0.6) is 11.5 Å². The molecule has 7 nitrogen and oxygen atoms in total. The average molecular weight is 638 g/mol. The van der Waals surface area contributed by atoms with Crippen LogP contribution in [-0.4, -0.2) is 51.1 Å². The normalized spacial score (nSPS) is 11.8. The first-order valence-electron chi connectivity index (χ1n) is 14.0. The van der Waals surface area contributed by atoms with Crippen molar-refractivity contribution in [3.63, 3.8) is 0 Å². The lowest BCUT2D eigenvalue weighted by Crippen LogP contribution is -2.36. The van der Waals surface area contributed by atoms with Gasteiger partial charge in [-0.3, -0.25) is 4.79 Å². The molecular formula is C32H39Cl3N2O5. The second kappa shape index (κ2) is 18.2. The highest BCUT2D eigenvalue weighted by atomic mass is 35.5. The van der Waals surface area contributed by atoms with Crippen molar-refractivity contribution in [2.45, 2.75) is 38.6 Å². The zero-order valence-electron chi connectivity index (χ0n) is 23.8. The van der Waals surface area contributed by atoms with E-state index in [0.717, 1.165) is 35.1 Å². The summed E-state index contributed by atoms with van der Waals surface area (Å²) in [5.41, 5.74) is 9.91. The molecule has 0 aromatic heterocycles. The molecular weight excluding hydrogens is 599 g/mol. The van der Waals surface area contributed by atoms with E-state index in [2.05, 4.69) is 5.32 Å². The van der Waals surface area contributed by atoms with Gasteiger partial charge in [0, 0.05) is 38.4 Å². The predicted molar refractivity (Wildman–Crippen MR) is 169 cm³/mol. The average Bonchev–Trinajstić information content (AvgIpc) is 2.98. The summed E-state index contributed by atoms with van der Waals surface area (Å²) in [6.45, 7) is 1.91. The summed E-state index contributed by atoms with van der Waals surface area (Å²) in [6.07, 6.45) is 3.63. The van der Waals surface area contributed by atoms with E-state index in [1.807, 2.05) is 42.5 Å². The molecule has 0 saturated carbocycles. The number of aliphatic hydroxyl groups excluding tert-OH is 1. The van der Waals surface area contributed by atoms with Gasteiger partial charge in [-0.05, 0) is 84.7 Å². The van der Waals surface area contributed by atoms with Gasteiger partial charge >= 0.3 is 0 Å². The number of carbonyl (C=O) groups excluding carboxylic acids is 1. The number of nitrogens with one attached hydrogen (secondary N) is 1. The van der Waals surface area contributed by atoms with Crippen molar-refractivity contribution in [1.82, 2.24) is 5.32 Å². The van der Waals surface area contributed by atoms with Crippen molar-refractivity contribution in [3.8, 4) is 11.5 Å². The molecule has 0 radical (unpaired) electrons. The van der Waals surface area contributed by atoms with Gasteiger partial charge in [0.15, 0.2) is 5.75 Å². The Hall–Kier alpha value is -2.52. The van der Waals surface area contributed by atoms with Crippen molar-refractivity contribution in [1.29, 1.82) is 0 Å². The van der Waals surface area contributed by atoms with Gasteiger partial charge in [0.05, 0.1) is 16.0 Å². The van der Waals surface area contributed by atoms with Crippen LogP contribution in [0.3, 0.4) is 0 Å². The largest absolute Gasteiger partial charge is 0.490 e. The van der Waals surface area contributed by atoms with E-state index >= 15 is 0 Å². The van der Waals surface area contributed by atoms with Gasteiger partial charge in [0.1, 0.15) is 19.0 Å². The van der Waals surface area contributed by atoms with Crippen LogP contribution in [0.4, 0.5) is 0 Å². The fraction of sp³-hybridized carbons (Fsp3) is 0.406. The summed E-state index contributed by atoms with van der Waals surface area (Å²) >= 11 is 19.0. The molecule has 0 aliphatic rings. The molecule has 228 valence electrons. The fourth-order valence-electron chi connectivity index (χ4n) is 4.44. The number of aryl methyl sites for hydroxylation is 2. The van der Waals surface area contributed by atoms with Crippen molar-refractivity contribution in [3.05, 3.63) is 91.9 Å². The van der Waals surface area contributed by atoms with E-state index in [1.54, 1.807) is 19.2 Å². The van der Waals surface area contributed by atoms with Crippen molar-refractivity contribution < 1.29 is 24.1 Å². The summed E-state index contributed by atoms with van der Waals surface area (Å²) in [5.74, 6) is 0.591. The quantitative estimate of drug-likeness (QED) is 0.147. The van der Waals surface area contributed by atoms with Crippen LogP contribution < -0.4 is 20.5 Å². The Balaban J connectivity index is 1.45. The highest BCUT2D eigenvalue weighted by Gasteiger charge is 2.18. The van der Waals surface area contributed by atoms with Gasteiger partial charge in [-0.2, -0.15) is 0 Å². The SMILES string of the molecule is COCCCc1ccc(Cl)c(CNC(=O)C(CN)Cc2ccc(OCCOc3c(Cl)cc(CCCO)cc3Cl)cc2)c1. The number of halogens is 3. The molecule has 1 unspecified atom stereocenters. The lowest BCUT2D eigenvalue weighted by molar-refractivity contribution is -0.124.